The van der Waals surface area contributed by atoms with Gasteiger partial charge in [-0.05, 0) is 19.1 Å². The van der Waals surface area contributed by atoms with Crippen LogP contribution in [0.25, 0.3) is 0 Å². The summed E-state index contributed by atoms with van der Waals surface area (Å²) in [5.41, 5.74) is 0.825. The molecule has 0 saturated carbocycles. The summed E-state index contributed by atoms with van der Waals surface area (Å²) in [6.07, 6.45) is 1.68. The van der Waals surface area contributed by atoms with E-state index in [1.165, 1.54) is 12.1 Å². The molecule has 0 aromatic carbocycles. The van der Waals surface area contributed by atoms with E-state index in [0.29, 0.717) is 24.6 Å². The van der Waals surface area contributed by atoms with Gasteiger partial charge in [-0.2, -0.15) is 0 Å². The Morgan fingerprint density at radius 3 is 2.82 bits per heavy atom. The molecule has 0 radical (unpaired) electrons. The van der Waals surface area contributed by atoms with E-state index in [9.17, 15) is 4.79 Å². The molecule has 0 bridgehead atoms. The van der Waals surface area contributed by atoms with E-state index in [4.69, 9.17) is 10.2 Å². The van der Waals surface area contributed by atoms with Crippen molar-refractivity contribution in [2.24, 2.45) is 0 Å². The quantitative estimate of drug-likeness (QED) is 0.723. The van der Waals surface area contributed by atoms with Crippen LogP contribution < -0.4 is 4.90 Å². The fourth-order valence-electron chi connectivity index (χ4n) is 1.51. The maximum absolute atomic E-state index is 10.9. The van der Waals surface area contributed by atoms with Gasteiger partial charge in [-0.15, -0.1) is 6.58 Å². The highest BCUT2D eigenvalue weighted by molar-refractivity contribution is 5.88. The van der Waals surface area contributed by atoms with Gasteiger partial charge in [-0.25, -0.2) is 9.78 Å². The van der Waals surface area contributed by atoms with Gasteiger partial charge < -0.3 is 15.1 Å². The van der Waals surface area contributed by atoms with Crippen LogP contribution in [0.2, 0.25) is 0 Å². The molecule has 0 amide bonds. The second-order valence-corrected chi connectivity index (χ2v) is 3.62. The van der Waals surface area contributed by atoms with Crippen molar-refractivity contribution in [1.29, 1.82) is 0 Å². The van der Waals surface area contributed by atoms with Crippen LogP contribution in [0.3, 0.4) is 0 Å². The van der Waals surface area contributed by atoms with Crippen molar-refractivity contribution in [2.45, 2.75) is 6.92 Å². The van der Waals surface area contributed by atoms with E-state index in [1.807, 2.05) is 0 Å². The Hall–Kier alpha value is -1.88. The number of hydrogen-bond acceptors (Lipinski definition) is 4. The number of hydrogen-bond donors (Lipinski definition) is 2. The van der Waals surface area contributed by atoms with Gasteiger partial charge in [0.1, 0.15) is 5.82 Å². The molecule has 1 aromatic rings. The number of rotatable bonds is 6. The number of aryl methyl sites for hydroxylation is 1. The lowest BCUT2D eigenvalue weighted by Gasteiger charge is -2.21. The van der Waals surface area contributed by atoms with E-state index in [-0.39, 0.29) is 12.2 Å². The number of anilines is 1. The summed E-state index contributed by atoms with van der Waals surface area (Å²) in [5, 5.41) is 17.9. The molecule has 0 fully saturated rings. The summed E-state index contributed by atoms with van der Waals surface area (Å²) in [7, 11) is 0. The number of aliphatic hydroxyl groups excluding tert-OH is 1. The first-order valence-electron chi connectivity index (χ1n) is 5.27. The summed E-state index contributed by atoms with van der Waals surface area (Å²) in [5.74, 6) is -0.448. The molecule has 0 unspecified atom stereocenters. The molecule has 17 heavy (non-hydrogen) atoms. The molecule has 0 aliphatic heterocycles. The van der Waals surface area contributed by atoms with Crippen molar-refractivity contribution in [2.75, 3.05) is 24.6 Å². The fourth-order valence-corrected chi connectivity index (χ4v) is 1.51. The van der Waals surface area contributed by atoms with Crippen molar-refractivity contribution in [3.8, 4) is 0 Å². The summed E-state index contributed by atoms with van der Waals surface area (Å²) in [6.45, 7) is 6.24. The van der Waals surface area contributed by atoms with E-state index in [1.54, 1.807) is 17.9 Å². The minimum Gasteiger partial charge on any atom is -0.478 e. The maximum Gasteiger partial charge on any atom is 0.335 e. The molecular weight excluding hydrogens is 220 g/mol. The zero-order chi connectivity index (χ0) is 12.8. The maximum atomic E-state index is 10.9. The summed E-state index contributed by atoms with van der Waals surface area (Å²) < 4.78 is 0. The lowest BCUT2D eigenvalue weighted by Crippen LogP contribution is -2.28. The molecule has 1 rings (SSSR count). The van der Waals surface area contributed by atoms with Gasteiger partial charge in [0, 0.05) is 18.8 Å². The molecule has 0 spiro atoms. The summed E-state index contributed by atoms with van der Waals surface area (Å²) >= 11 is 0. The Kier molecular flexibility index (Phi) is 4.66. The third-order valence-corrected chi connectivity index (χ3v) is 2.23. The monoisotopic (exact) mass is 236 g/mol. The number of nitrogens with zero attached hydrogens (tertiary/aromatic N) is 2. The molecule has 92 valence electrons. The zero-order valence-corrected chi connectivity index (χ0v) is 9.76. The zero-order valence-electron chi connectivity index (χ0n) is 9.76. The molecular formula is C12H16N2O3. The first kappa shape index (κ1) is 13.2. The van der Waals surface area contributed by atoms with E-state index < -0.39 is 5.97 Å². The third-order valence-electron chi connectivity index (χ3n) is 2.23. The number of aromatic nitrogens is 1. The van der Waals surface area contributed by atoms with Crippen molar-refractivity contribution >= 4 is 11.8 Å². The van der Waals surface area contributed by atoms with Crippen LogP contribution in [0.5, 0.6) is 0 Å². The van der Waals surface area contributed by atoms with E-state index in [0.717, 1.165) is 0 Å². The van der Waals surface area contributed by atoms with Gasteiger partial charge in [0.05, 0.1) is 12.2 Å². The van der Waals surface area contributed by atoms with Crippen LogP contribution in [0.1, 0.15) is 16.1 Å². The van der Waals surface area contributed by atoms with E-state index >= 15 is 0 Å². The van der Waals surface area contributed by atoms with Crippen molar-refractivity contribution in [1.82, 2.24) is 4.98 Å². The fraction of sp³-hybridized carbons (Fsp3) is 0.333. The van der Waals surface area contributed by atoms with Crippen LogP contribution in [-0.4, -0.2) is 40.9 Å². The van der Waals surface area contributed by atoms with Gasteiger partial charge >= 0.3 is 5.97 Å². The van der Waals surface area contributed by atoms with Crippen LogP contribution in [0.4, 0.5) is 5.82 Å². The van der Waals surface area contributed by atoms with Crippen molar-refractivity contribution in [3.63, 3.8) is 0 Å². The normalized spacial score (nSPS) is 10.0. The van der Waals surface area contributed by atoms with Crippen molar-refractivity contribution < 1.29 is 15.0 Å². The minimum atomic E-state index is -0.987. The number of carboxylic acids is 1. The highest BCUT2D eigenvalue weighted by atomic mass is 16.4. The lowest BCUT2D eigenvalue weighted by atomic mass is 10.2. The number of carbonyl (C=O) groups is 1. The second-order valence-electron chi connectivity index (χ2n) is 3.62. The Morgan fingerprint density at radius 2 is 2.29 bits per heavy atom. The van der Waals surface area contributed by atoms with Gasteiger partial charge in [0.25, 0.3) is 0 Å². The first-order chi connectivity index (χ1) is 8.08. The van der Waals surface area contributed by atoms with Crippen LogP contribution in [-0.2, 0) is 0 Å². The second kappa shape index (κ2) is 6.00. The Labute approximate surface area is 100 Å². The Bertz CT molecular complexity index is 418. The van der Waals surface area contributed by atoms with Gasteiger partial charge in [-0.1, -0.05) is 6.08 Å². The number of carboxylic acid groups (broad SMARTS) is 1. The molecule has 1 heterocycles. The highest BCUT2D eigenvalue weighted by Crippen LogP contribution is 2.15. The molecule has 2 N–H and O–H groups in total. The molecule has 0 aliphatic carbocycles. The summed E-state index contributed by atoms with van der Waals surface area (Å²) in [6, 6.07) is 3.01. The smallest absolute Gasteiger partial charge is 0.335 e. The van der Waals surface area contributed by atoms with Gasteiger partial charge in [0.15, 0.2) is 0 Å². The standard InChI is InChI=1S/C12H16N2O3/c1-3-4-14(5-6-15)11-8-10(12(16)17)7-9(2)13-11/h3,7-8,15H,1,4-6H2,2H3,(H,16,17). The van der Waals surface area contributed by atoms with E-state index in [2.05, 4.69) is 11.6 Å². The average molecular weight is 236 g/mol. The number of aromatic carboxylic acids is 1. The summed E-state index contributed by atoms with van der Waals surface area (Å²) in [4.78, 5) is 17.0. The van der Waals surface area contributed by atoms with Gasteiger partial charge in [-0.3, -0.25) is 0 Å². The first-order valence-corrected chi connectivity index (χ1v) is 5.27. The predicted octanol–water partition coefficient (Wildman–Crippen LogP) is 1.07. The molecule has 5 nitrogen and oxygen atoms in total. The molecule has 0 atom stereocenters. The van der Waals surface area contributed by atoms with Crippen LogP contribution >= 0.6 is 0 Å². The van der Waals surface area contributed by atoms with Crippen LogP contribution in [0, 0.1) is 6.92 Å². The Balaban J connectivity index is 3.08. The average Bonchev–Trinajstić information content (AvgIpc) is 2.28. The lowest BCUT2D eigenvalue weighted by molar-refractivity contribution is 0.0696. The predicted molar refractivity (Wildman–Crippen MR) is 65.4 cm³/mol. The molecule has 1 aromatic heterocycles. The highest BCUT2D eigenvalue weighted by Gasteiger charge is 2.11. The Morgan fingerprint density at radius 1 is 1.59 bits per heavy atom. The SMILES string of the molecule is C=CCN(CCO)c1cc(C(=O)O)cc(C)n1. The van der Waals surface area contributed by atoms with Crippen molar-refractivity contribution in [3.05, 3.63) is 36.0 Å². The molecule has 0 aliphatic rings. The third kappa shape index (κ3) is 3.57. The molecule has 0 saturated heterocycles. The van der Waals surface area contributed by atoms with Gasteiger partial charge in [0.2, 0.25) is 0 Å². The topological polar surface area (TPSA) is 73.7 Å². The van der Waals surface area contributed by atoms with Crippen LogP contribution in [0.15, 0.2) is 24.8 Å². The number of pyridine rings is 1. The minimum absolute atomic E-state index is 0.0220. The molecule has 5 heteroatoms. The number of aliphatic hydroxyl groups is 1. The largest absolute Gasteiger partial charge is 0.478 e.